The molecule has 0 radical (unpaired) electrons. The highest BCUT2D eigenvalue weighted by atomic mass is 35.5. The van der Waals surface area contributed by atoms with Gasteiger partial charge >= 0.3 is 0 Å². The number of piperidine rings is 3. The Labute approximate surface area is 225 Å². The standard InChI is InChI=1S/C24H24Cl3N3O3.ClH.H2O/c1-13-24(32)30(11-15-2-3-16(25)9-19(15)27)21-10-17(26)8-18(22(21)33-13)23(31)28-20-12-29-6-4-14(20)5-7-29;;/h2-3,8-10,13-14,20H,4-7,11-12H2,1H3,(H,28,31);1H;1H2. The first-order chi connectivity index (χ1) is 15.8. The Morgan fingerprint density at radius 1 is 1.11 bits per heavy atom. The van der Waals surface area contributed by atoms with Crippen LogP contribution in [0.4, 0.5) is 5.69 Å². The first-order valence-electron chi connectivity index (χ1n) is 11.1. The Hall–Kier alpha value is -1.74. The monoisotopic (exact) mass is 561 g/mol. The Kier molecular flexibility index (Phi) is 8.84. The van der Waals surface area contributed by atoms with Crippen LogP contribution in [0.5, 0.6) is 5.75 Å². The maximum atomic E-state index is 13.4. The first kappa shape index (κ1) is 27.8. The second-order valence-electron chi connectivity index (χ2n) is 8.94. The largest absolute Gasteiger partial charge is 0.478 e. The Balaban J connectivity index is 0.00000171. The first-order valence-corrected chi connectivity index (χ1v) is 12.2. The summed E-state index contributed by atoms with van der Waals surface area (Å²) in [5, 5.41) is 4.52. The van der Waals surface area contributed by atoms with Gasteiger partial charge in [0.2, 0.25) is 0 Å². The van der Waals surface area contributed by atoms with Crippen LogP contribution in [0.25, 0.3) is 0 Å². The number of carbonyl (C=O) groups is 2. The number of nitrogens with one attached hydrogen (secondary N) is 1. The lowest BCUT2D eigenvalue weighted by atomic mass is 9.84. The molecule has 0 aromatic heterocycles. The number of nitrogens with zero attached hydrogens (tertiary/aromatic N) is 2. The molecule has 2 bridgehead atoms. The molecule has 0 saturated carbocycles. The van der Waals surface area contributed by atoms with Gasteiger partial charge in [-0.3, -0.25) is 9.59 Å². The van der Waals surface area contributed by atoms with Gasteiger partial charge in [0, 0.05) is 27.7 Å². The highest BCUT2D eigenvalue weighted by molar-refractivity contribution is 6.35. The van der Waals surface area contributed by atoms with Crippen LogP contribution in [-0.4, -0.2) is 54.0 Å². The summed E-state index contributed by atoms with van der Waals surface area (Å²) in [6.45, 7) is 4.92. The second-order valence-corrected chi connectivity index (χ2v) is 10.2. The predicted octanol–water partition coefficient (Wildman–Crippen LogP) is 4.38. The predicted molar refractivity (Wildman–Crippen MR) is 140 cm³/mol. The van der Waals surface area contributed by atoms with Crippen molar-refractivity contribution in [2.24, 2.45) is 5.92 Å². The van der Waals surface area contributed by atoms with E-state index in [2.05, 4.69) is 10.2 Å². The number of hydrogen-bond donors (Lipinski definition) is 1. The maximum absolute atomic E-state index is 13.4. The van der Waals surface area contributed by atoms with Crippen molar-refractivity contribution in [3.8, 4) is 5.75 Å². The van der Waals surface area contributed by atoms with Crippen LogP contribution in [0.3, 0.4) is 0 Å². The van der Waals surface area contributed by atoms with Crippen LogP contribution in [-0.2, 0) is 11.3 Å². The molecular formula is C24H27Cl4N3O4. The number of amides is 2. The van der Waals surface area contributed by atoms with Gasteiger partial charge in [0.05, 0.1) is 17.8 Å². The number of rotatable bonds is 4. The van der Waals surface area contributed by atoms with Crippen molar-refractivity contribution < 1.29 is 19.8 Å². The third-order valence-corrected chi connectivity index (χ3v) is 7.60. The summed E-state index contributed by atoms with van der Waals surface area (Å²) in [4.78, 5) is 30.3. The van der Waals surface area contributed by atoms with E-state index in [9.17, 15) is 9.59 Å². The van der Waals surface area contributed by atoms with Gasteiger partial charge < -0.3 is 25.3 Å². The fourth-order valence-electron chi connectivity index (χ4n) is 5.00. The van der Waals surface area contributed by atoms with E-state index in [0.29, 0.717) is 38.0 Å². The van der Waals surface area contributed by atoms with E-state index in [1.54, 1.807) is 42.2 Å². The molecule has 3 saturated heterocycles. The molecule has 4 heterocycles. The number of ether oxygens (including phenoxy) is 1. The van der Waals surface area contributed by atoms with Crippen molar-refractivity contribution in [2.75, 3.05) is 24.5 Å². The van der Waals surface area contributed by atoms with Crippen molar-refractivity contribution >= 4 is 64.7 Å². The quantitative estimate of drug-likeness (QED) is 0.598. The minimum Gasteiger partial charge on any atom is -0.478 e. The van der Waals surface area contributed by atoms with E-state index < -0.39 is 6.10 Å². The molecule has 2 aromatic carbocycles. The van der Waals surface area contributed by atoms with Crippen LogP contribution >= 0.6 is 47.2 Å². The van der Waals surface area contributed by atoms with Crippen LogP contribution in [0.1, 0.15) is 35.7 Å². The SMILES string of the molecule is CC1Oc2c(C(=O)NC3CN4CCC3CC4)cc(Cl)cc2N(Cc2ccc(Cl)cc2Cl)C1=O.Cl.O. The van der Waals surface area contributed by atoms with Crippen LogP contribution < -0.4 is 15.0 Å². The number of hydrogen-bond acceptors (Lipinski definition) is 4. The molecule has 3 fully saturated rings. The summed E-state index contributed by atoms with van der Waals surface area (Å²) in [6.07, 6.45) is 1.43. The van der Waals surface area contributed by atoms with Crippen LogP contribution in [0.2, 0.25) is 15.1 Å². The summed E-state index contributed by atoms with van der Waals surface area (Å²) >= 11 is 18.8. The average Bonchev–Trinajstić information content (AvgIpc) is 2.79. The lowest BCUT2D eigenvalue weighted by molar-refractivity contribution is -0.125. The van der Waals surface area contributed by atoms with Crippen molar-refractivity contribution in [3.05, 3.63) is 56.5 Å². The van der Waals surface area contributed by atoms with E-state index in [0.717, 1.165) is 38.0 Å². The highest BCUT2D eigenvalue weighted by Crippen LogP contribution is 2.41. The fraction of sp³-hybridized carbons (Fsp3) is 0.417. The average molecular weight is 563 g/mol. The summed E-state index contributed by atoms with van der Waals surface area (Å²) in [7, 11) is 0. The smallest absolute Gasteiger partial charge is 0.268 e. The second kappa shape index (κ2) is 11.1. The van der Waals surface area contributed by atoms with Gasteiger partial charge in [0.15, 0.2) is 11.9 Å². The maximum Gasteiger partial charge on any atom is 0.268 e. The van der Waals surface area contributed by atoms with E-state index in [4.69, 9.17) is 39.5 Å². The number of fused-ring (bicyclic) bond motifs is 4. The number of carbonyl (C=O) groups excluding carboxylic acids is 2. The van der Waals surface area contributed by atoms with E-state index in [1.807, 2.05) is 0 Å². The van der Waals surface area contributed by atoms with Gasteiger partial charge in [0.25, 0.3) is 11.8 Å². The molecule has 0 aliphatic carbocycles. The summed E-state index contributed by atoms with van der Waals surface area (Å²) < 4.78 is 5.94. The molecule has 7 nitrogen and oxygen atoms in total. The van der Waals surface area contributed by atoms with Gasteiger partial charge in [-0.1, -0.05) is 40.9 Å². The Morgan fingerprint density at radius 2 is 1.83 bits per heavy atom. The minimum absolute atomic E-state index is 0. The van der Waals surface area contributed by atoms with Crippen molar-refractivity contribution in [1.82, 2.24) is 10.2 Å². The molecule has 11 heteroatoms. The summed E-state index contributed by atoms with van der Waals surface area (Å²) in [5.41, 5.74) is 1.52. The lowest BCUT2D eigenvalue weighted by Gasteiger charge is -2.45. The van der Waals surface area contributed by atoms with Gasteiger partial charge in [-0.2, -0.15) is 0 Å². The molecule has 35 heavy (non-hydrogen) atoms. The van der Waals surface area contributed by atoms with Crippen LogP contribution in [0.15, 0.2) is 30.3 Å². The Morgan fingerprint density at radius 3 is 2.46 bits per heavy atom. The zero-order valence-electron chi connectivity index (χ0n) is 19.0. The van der Waals surface area contributed by atoms with Crippen molar-refractivity contribution in [1.29, 1.82) is 0 Å². The van der Waals surface area contributed by atoms with Gasteiger partial charge in [-0.05, 0) is 68.6 Å². The Bertz CT molecular complexity index is 1120. The molecular weight excluding hydrogens is 536 g/mol. The fourth-order valence-corrected chi connectivity index (χ4v) is 5.68. The third-order valence-electron chi connectivity index (χ3n) is 6.79. The molecule has 2 unspecified atom stereocenters. The van der Waals surface area contributed by atoms with E-state index >= 15 is 0 Å². The summed E-state index contributed by atoms with van der Waals surface area (Å²) in [6, 6.07) is 8.49. The molecule has 190 valence electrons. The molecule has 3 N–H and O–H groups in total. The van der Waals surface area contributed by atoms with E-state index in [1.165, 1.54) is 0 Å². The highest BCUT2D eigenvalue weighted by Gasteiger charge is 2.38. The molecule has 4 aliphatic heterocycles. The van der Waals surface area contributed by atoms with Crippen LogP contribution in [0, 0.1) is 5.92 Å². The van der Waals surface area contributed by atoms with Gasteiger partial charge in [-0.15, -0.1) is 12.4 Å². The number of anilines is 1. The third kappa shape index (κ3) is 5.50. The lowest BCUT2D eigenvalue weighted by Crippen LogP contribution is -2.57. The number of benzene rings is 2. The molecule has 6 rings (SSSR count). The number of halogens is 4. The normalized spacial score (nSPS) is 24.6. The molecule has 2 atom stereocenters. The van der Waals surface area contributed by atoms with E-state index in [-0.39, 0.29) is 42.3 Å². The van der Waals surface area contributed by atoms with Crippen molar-refractivity contribution in [3.63, 3.8) is 0 Å². The molecule has 2 amide bonds. The zero-order chi connectivity index (χ0) is 23.3. The van der Waals surface area contributed by atoms with Gasteiger partial charge in [-0.25, -0.2) is 0 Å². The van der Waals surface area contributed by atoms with Crippen molar-refractivity contribution in [2.45, 2.75) is 38.5 Å². The zero-order valence-corrected chi connectivity index (χ0v) is 22.1. The topological polar surface area (TPSA) is 93.4 Å². The minimum atomic E-state index is -0.756. The molecule has 2 aromatic rings. The molecule has 0 spiro atoms. The van der Waals surface area contributed by atoms with Gasteiger partial charge in [0.1, 0.15) is 0 Å². The summed E-state index contributed by atoms with van der Waals surface area (Å²) in [5.74, 6) is 0.368. The molecule has 4 aliphatic rings.